The maximum Gasteiger partial charge on any atom is 0.120 e. The van der Waals surface area contributed by atoms with Crippen LogP contribution in [0.3, 0.4) is 0 Å². The van der Waals surface area contributed by atoms with Crippen molar-refractivity contribution in [2.24, 2.45) is 34.5 Å². The highest BCUT2D eigenvalue weighted by atomic mass is 16.3. The van der Waals surface area contributed by atoms with Gasteiger partial charge in [0.2, 0.25) is 0 Å². The SMILES string of the molecule is C[C@]12CC[C@H](O)CC1=CCC1C2CC[C@@]2(C)C1CC[C@@H]2CCC=O. The molecule has 0 aromatic heterocycles. The Kier molecular flexibility index (Phi) is 4.18. The Morgan fingerprint density at radius 3 is 2.79 bits per heavy atom. The van der Waals surface area contributed by atoms with Crippen molar-refractivity contribution in [3.8, 4) is 0 Å². The van der Waals surface area contributed by atoms with Crippen molar-refractivity contribution in [2.75, 3.05) is 0 Å². The van der Waals surface area contributed by atoms with E-state index in [9.17, 15) is 9.90 Å². The number of aliphatic hydroxyl groups is 1. The van der Waals surface area contributed by atoms with Gasteiger partial charge in [-0.2, -0.15) is 0 Å². The molecule has 0 heterocycles. The molecule has 0 aromatic carbocycles. The molecule has 4 rings (SSSR count). The van der Waals surface area contributed by atoms with Gasteiger partial charge < -0.3 is 9.90 Å². The third-order valence-corrected chi connectivity index (χ3v) is 8.91. The summed E-state index contributed by atoms with van der Waals surface area (Å²) in [5.74, 6) is 3.29. The lowest BCUT2D eigenvalue weighted by atomic mass is 9.47. The topological polar surface area (TPSA) is 37.3 Å². The van der Waals surface area contributed by atoms with Gasteiger partial charge in [-0.25, -0.2) is 0 Å². The summed E-state index contributed by atoms with van der Waals surface area (Å²) < 4.78 is 0. The summed E-state index contributed by atoms with van der Waals surface area (Å²) >= 11 is 0. The van der Waals surface area contributed by atoms with E-state index in [1.807, 2.05) is 0 Å². The van der Waals surface area contributed by atoms with Crippen molar-refractivity contribution < 1.29 is 9.90 Å². The van der Waals surface area contributed by atoms with Crippen LogP contribution >= 0.6 is 0 Å². The fourth-order valence-corrected chi connectivity index (χ4v) is 7.49. The molecule has 0 bridgehead atoms. The maximum absolute atomic E-state index is 10.9. The van der Waals surface area contributed by atoms with E-state index < -0.39 is 0 Å². The third kappa shape index (κ3) is 2.35. The van der Waals surface area contributed by atoms with Gasteiger partial charge in [-0.1, -0.05) is 25.5 Å². The molecule has 1 N–H and O–H groups in total. The molecule has 2 heteroatoms. The minimum absolute atomic E-state index is 0.103. The summed E-state index contributed by atoms with van der Waals surface area (Å²) in [6.45, 7) is 5.05. The Morgan fingerprint density at radius 1 is 1.17 bits per heavy atom. The molecule has 3 unspecified atom stereocenters. The molecule has 134 valence electrons. The molecule has 4 aliphatic rings. The lowest BCUT2D eigenvalue weighted by Crippen LogP contribution is -2.50. The molecule has 3 saturated carbocycles. The summed E-state index contributed by atoms with van der Waals surface area (Å²) in [6, 6.07) is 0. The predicted octanol–water partition coefficient (Wildman–Crippen LogP) is 4.91. The molecule has 0 amide bonds. The van der Waals surface area contributed by atoms with Crippen LogP contribution in [-0.4, -0.2) is 17.5 Å². The molecule has 0 saturated heterocycles. The van der Waals surface area contributed by atoms with E-state index in [1.165, 1.54) is 38.5 Å². The van der Waals surface area contributed by atoms with Crippen molar-refractivity contribution in [2.45, 2.75) is 84.2 Å². The van der Waals surface area contributed by atoms with E-state index >= 15 is 0 Å². The highest BCUT2D eigenvalue weighted by molar-refractivity contribution is 5.49. The van der Waals surface area contributed by atoms with Crippen LogP contribution in [0.2, 0.25) is 0 Å². The zero-order chi connectivity index (χ0) is 16.9. The Bertz CT molecular complexity index is 538. The first-order chi connectivity index (χ1) is 11.5. The second-order valence-electron chi connectivity index (χ2n) is 9.72. The van der Waals surface area contributed by atoms with Crippen LogP contribution in [0.5, 0.6) is 0 Å². The van der Waals surface area contributed by atoms with Crippen molar-refractivity contribution >= 4 is 6.29 Å². The lowest BCUT2D eigenvalue weighted by molar-refractivity contribution is -0.108. The molecule has 0 spiro atoms. The summed E-state index contributed by atoms with van der Waals surface area (Å²) in [7, 11) is 0. The number of hydrogen-bond acceptors (Lipinski definition) is 2. The van der Waals surface area contributed by atoms with E-state index in [1.54, 1.807) is 5.57 Å². The zero-order valence-corrected chi connectivity index (χ0v) is 15.5. The van der Waals surface area contributed by atoms with Crippen molar-refractivity contribution in [3.05, 3.63) is 11.6 Å². The second kappa shape index (κ2) is 5.97. The first kappa shape index (κ1) is 16.8. The third-order valence-electron chi connectivity index (χ3n) is 8.91. The molecular formula is C22H34O2. The molecule has 7 atom stereocenters. The molecule has 24 heavy (non-hydrogen) atoms. The van der Waals surface area contributed by atoms with Gasteiger partial charge in [0.15, 0.2) is 0 Å². The Balaban J connectivity index is 1.59. The van der Waals surface area contributed by atoms with E-state index in [0.29, 0.717) is 10.8 Å². The van der Waals surface area contributed by atoms with E-state index in [4.69, 9.17) is 0 Å². The van der Waals surface area contributed by atoms with Gasteiger partial charge >= 0.3 is 0 Å². The number of aliphatic hydroxyl groups excluding tert-OH is 1. The Labute approximate surface area is 147 Å². The summed E-state index contributed by atoms with van der Waals surface area (Å²) in [6.07, 6.45) is 15.2. The number of hydrogen-bond donors (Lipinski definition) is 1. The summed E-state index contributed by atoms with van der Waals surface area (Å²) in [5, 5.41) is 10.1. The monoisotopic (exact) mass is 330 g/mol. The predicted molar refractivity (Wildman–Crippen MR) is 96.5 cm³/mol. The van der Waals surface area contributed by atoms with Crippen LogP contribution in [0.15, 0.2) is 11.6 Å². The number of carbonyl (C=O) groups excluding carboxylic acids is 1. The fourth-order valence-electron chi connectivity index (χ4n) is 7.49. The van der Waals surface area contributed by atoms with E-state index in [0.717, 1.165) is 55.6 Å². The van der Waals surface area contributed by atoms with Gasteiger partial charge in [-0.15, -0.1) is 0 Å². The van der Waals surface area contributed by atoms with Crippen LogP contribution in [0.1, 0.15) is 78.1 Å². The first-order valence-corrected chi connectivity index (χ1v) is 10.3. The lowest BCUT2D eigenvalue weighted by Gasteiger charge is -2.58. The maximum atomic E-state index is 10.9. The molecule has 4 aliphatic carbocycles. The summed E-state index contributed by atoms with van der Waals surface area (Å²) in [4.78, 5) is 10.9. The average Bonchev–Trinajstić information content (AvgIpc) is 2.90. The molecule has 3 fully saturated rings. The van der Waals surface area contributed by atoms with Gasteiger partial charge in [0.25, 0.3) is 0 Å². The molecular weight excluding hydrogens is 296 g/mol. The minimum atomic E-state index is -0.103. The number of allylic oxidation sites excluding steroid dienone is 1. The largest absolute Gasteiger partial charge is 0.393 e. The zero-order valence-electron chi connectivity index (χ0n) is 15.5. The van der Waals surface area contributed by atoms with Crippen LogP contribution in [0.4, 0.5) is 0 Å². The summed E-state index contributed by atoms with van der Waals surface area (Å²) in [5.41, 5.74) is 2.39. The van der Waals surface area contributed by atoms with E-state index in [-0.39, 0.29) is 6.10 Å². The molecule has 0 aromatic rings. The van der Waals surface area contributed by atoms with Gasteiger partial charge in [-0.05, 0) is 92.3 Å². The smallest absolute Gasteiger partial charge is 0.120 e. The fraction of sp³-hybridized carbons (Fsp3) is 0.864. The van der Waals surface area contributed by atoms with Gasteiger partial charge in [0.05, 0.1) is 6.10 Å². The number of rotatable bonds is 3. The van der Waals surface area contributed by atoms with E-state index in [2.05, 4.69) is 19.9 Å². The standard InChI is InChI=1S/C22H34O2/c1-21-12-10-20-18(19(21)8-6-15(21)4-3-13-23)7-5-16-14-17(24)9-11-22(16,20)2/h5,13,15,17-20,24H,3-4,6-12,14H2,1-2H3/t15-,17-,18?,19?,20?,21+,22-/m0/s1. The van der Waals surface area contributed by atoms with Crippen LogP contribution < -0.4 is 0 Å². The Morgan fingerprint density at radius 2 is 2.00 bits per heavy atom. The molecule has 2 nitrogen and oxygen atoms in total. The highest BCUT2D eigenvalue weighted by Crippen LogP contribution is 2.66. The van der Waals surface area contributed by atoms with Crippen LogP contribution in [0, 0.1) is 34.5 Å². The number of carbonyl (C=O) groups is 1. The van der Waals surface area contributed by atoms with Crippen molar-refractivity contribution in [1.29, 1.82) is 0 Å². The number of aldehydes is 1. The van der Waals surface area contributed by atoms with Gasteiger partial charge in [0.1, 0.15) is 6.29 Å². The first-order valence-electron chi connectivity index (χ1n) is 10.3. The molecule has 0 aliphatic heterocycles. The number of fused-ring (bicyclic) bond motifs is 5. The normalized spacial score (nSPS) is 50.5. The minimum Gasteiger partial charge on any atom is -0.393 e. The van der Waals surface area contributed by atoms with Gasteiger partial charge in [-0.3, -0.25) is 0 Å². The Hall–Kier alpha value is -0.630. The highest BCUT2D eigenvalue weighted by Gasteiger charge is 2.58. The second-order valence-corrected chi connectivity index (χ2v) is 9.72. The average molecular weight is 331 g/mol. The van der Waals surface area contributed by atoms with Crippen LogP contribution in [-0.2, 0) is 4.79 Å². The van der Waals surface area contributed by atoms with Crippen molar-refractivity contribution in [3.63, 3.8) is 0 Å². The quantitative estimate of drug-likeness (QED) is 0.590. The molecule has 0 radical (unpaired) electrons. The van der Waals surface area contributed by atoms with Gasteiger partial charge in [0, 0.05) is 6.42 Å². The van der Waals surface area contributed by atoms with Crippen LogP contribution in [0.25, 0.3) is 0 Å². The van der Waals surface area contributed by atoms with Crippen molar-refractivity contribution in [1.82, 2.24) is 0 Å².